The van der Waals surface area contributed by atoms with Crippen molar-refractivity contribution < 1.29 is 0 Å². The van der Waals surface area contributed by atoms with E-state index < -0.39 is 0 Å². The lowest BCUT2D eigenvalue weighted by Crippen LogP contribution is -2.48. The van der Waals surface area contributed by atoms with E-state index in [1.807, 2.05) is 0 Å². The highest BCUT2D eigenvalue weighted by Gasteiger charge is 2.32. The quantitative estimate of drug-likeness (QED) is 0.681. The summed E-state index contributed by atoms with van der Waals surface area (Å²) in [6, 6.07) is 1.37. The third kappa shape index (κ3) is 3.46. The molecule has 16 heavy (non-hydrogen) atoms. The molecule has 2 atom stereocenters. The zero-order chi connectivity index (χ0) is 11.5. The molecule has 2 heteroatoms. The highest BCUT2D eigenvalue weighted by molar-refractivity contribution is 4.88. The smallest absolute Gasteiger partial charge is 0.0221 e. The minimum Gasteiger partial charge on any atom is -0.315 e. The Morgan fingerprint density at radius 3 is 1.94 bits per heavy atom. The first-order chi connectivity index (χ1) is 7.74. The Morgan fingerprint density at radius 1 is 1.12 bits per heavy atom. The molecule has 0 amide bonds. The normalized spacial score (nSPS) is 24.8. The maximum absolute atomic E-state index is 3.48. The molecule has 0 aromatic heterocycles. The van der Waals surface area contributed by atoms with E-state index in [4.69, 9.17) is 0 Å². The van der Waals surface area contributed by atoms with Crippen LogP contribution in [0.25, 0.3) is 0 Å². The number of hydrogen-bond donors (Lipinski definition) is 1. The van der Waals surface area contributed by atoms with Crippen molar-refractivity contribution in [3.63, 3.8) is 0 Å². The van der Waals surface area contributed by atoms with Gasteiger partial charge in [0.1, 0.15) is 0 Å². The second-order valence-electron chi connectivity index (χ2n) is 5.88. The summed E-state index contributed by atoms with van der Waals surface area (Å²) >= 11 is 0. The van der Waals surface area contributed by atoms with Crippen LogP contribution in [0, 0.1) is 11.8 Å². The van der Waals surface area contributed by atoms with Gasteiger partial charge in [-0.2, -0.15) is 0 Å². The monoisotopic (exact) mass is 224 g/mol. The number of nitrogens with one attached hydrogen (secondary N) is 1. The molecule has 0 bridgehead atoms. The van der Waals surface area contributed by atoms with Crippen LogP contribution >= 0.6 is 0 Å². The van der Waals surface area contributed by atoms with Gasteiger partial charge in [0, 0.05) is 25.2 Å². The molecule has 1 N–H and O–H groups in total. The summed E-state index contributed by atoms with van der Waals surface area (Å²) < 4.78 is 0. The molecule has 0 aromatic carbocycles. The summed E-state index contributed by atoms with van der Waals surface area (Å²) in [5.41, 5.74) is 0. The highest BCUT2D eigenvalue weighted by atomic mass is 15.2. The lowest BCUT2D eigenvalue weighted by atomic mass is 10.0. The Hall–Kier alpha value is -0.0800. The van der Waals surface area contributed by atoms with Crippen LogP contribution in [-0.4, -0.2) is 37.1 Å². The van der Waals surface area contributed by atoms with Crippen molar-refractivity contribution >= 4 is 0 Å². The van der Waals surface area contributed by atoms with Crippen molar-refractivity contribution in [2.45, 2.75) is 58.0 Å². The lowest BCUT2D eigenvalue weighted by molar-refractivity contribution is 0.156. The summed E-state index contributed by atoms with van der Waals surface area (Å²) in [7, 11) is 2.11. The Labute approximate surface area is 101 Å². The van der Waals surface area contributed by atoms with Gasteiger partial charge in [0.15, 0.2) is 0 Å². The molecule has 0 radical (unpaired) electrons. The zero-order valence-corrected chi connectivity index (χ0v) is 11.2. The van der Waals surface area contributed by atoms with Gasteiger partial charge in [-0.1, -0.05) is 6.92 Å². The van der Waals surface area contributed by atoms with Crippen LogP contribution in [0.2, 0.25) is 0 Å². The summed E-state index contributed by atoms with van der Waals surface area (Å²) in [5.74, 6) is 2.05. The van der Waals surface area contributed by atoms with E-state index in [2.05, 4.69) is 31.1 Å². The number of hydrogen-bond acceptors (Lipinski definition) is 2. The van der Waals surface area contributed by atoms with Crippen LogP contribution in [0.1, 0.15) is 46.0 Å². The summed E-state index contributed by atoms with van der Waals surface area (Å²) in [6.45, 7) is 7.42. The van der Waals surface area contributed by atoms with E-state index in [0.717, 1.165) is 11.8 Å². The maximum Gasteiger partial charge on any atom is 0.0221 e. The molecule has 0 aromatic rings. The molecule has 2 unspecified atom stereocenters. The van der Waals surface area contributed by atoms with Gasteiger partial charge >= 0.3 is 0 Å². The number of nitrogens with zero attached hydrogens (tertiary/aromatic N) is 1. The van der Waals surface area contributed by atoms with E-state index in [9.17, 15) is 0 Å². The molecular weight excluding hydrogens is 196 g/mol. The van der Waals surface area contributed by atoms with Gasteiger partial charge in [0.2, 0.25) is 0 Å². The van der Waals surface area contributed by atoms with Crippen molar-refractivity contribution in [1.29, 1.82) is 0 Å². The summed E-state index contributed by atoms with van der Waals surface area (Å²) in [4.78, 5) is 2.76. The van der Waals surface area contributed by atoms with E-state index in [-0.39, 0.29) is 0 Å². The van der Waals surface area contributed by atoms with Gasteiger partial charge in [-0.15, -0.1) is 0 Å². The average Bonchev–Trinajstić information content (AvgIpc) is 3.13. The topological polar surface area (TPSA) is 15.3 Å². The highest BCUT2D eigenvalue weighted by Crippen LogP contribution is 2.34. The van der Waals surface area contributed by atoms with Gasteiger partial charge in [-0.25, -0.2) is 0 Å². The predicted molar refractivity (Wildman–Crippen MR) is 69.6 cm³/mol. The van der Waals surface area contributed by atoms with Crippen LogP contribution in [0.5, 0.6) is 0 Å². The molecule has 94 valence electrons. The molecule has 0 heterocycles. The minimum absolute atomic E-state index is 0.664. The Bertz CT molecular complexity index is 191. The summed E-state index contributed by atoms with van der Waals surface area (Å²) in [5, 5.41) is 3.48. The third-order valence-electron chi connectivity index (χ3n) is 4.35. The summed E-state index contributed by atoms with van der Waals surface area (Å²) in [6.07, 6.45) is 7.15. The van der Waals surface area contributed by atoms with Crippen molar-refractivity contribution in [3.05, 3.63) is 0 Å². The fraction of sp³-hybridized carbons (Fsp3) is 1.00. The van der Waals surface area contributed by atoms with Gasteiger partial charge in [-0.3, -0.25) is 4.90 Å². The van der Waals surface area contributed by atoms with Crippen LogP contribution in [-0.2, 0) is 0 Å². The molecule has 2 rings (SSSR count). The molecule has 2 aliphatic carbocycles. The van der Waals surface area contributed by atoms with Crippen LogP contribution in [0.15, 0.2) is 0 Å². The second kappa shape index (κ2) is 5.50. The Kier molecular flexibility index (Phi) is 4.26. The fourth-order valence-electron chi connectivity index (χ4n) is 2.71. The number of rotatable bonds is 8. The van der Waals surface area contributed by atoms with Crippen molar-refractivity contribution in [1.82, 2.24) is 10.2 Å². The second-order valence-corrected chi connectivity index (χ2v) is 5.88. The van der Waals surface area contributed by atoms with Gasteiger partial charge in [-0.05, 0) is 57.9 Å². The first-order valence-corrected chi connectivity index (χ1v) is 7.15. The molecular formula is C14H28N2. The number of likely N-dealkylation sites (N-methyl/N-ethyl adjacent to an activating group) is 1. The average molecular weight is 224 g/mol. The molecule has 2 saturated carbocycles. The van der Waals surface area contributed by atoms with E-state index in [0.29, 0.717) is 12.1 Å². The fourth-order valence-corrected chi connectivity index (χ4v) is 2.71. The minimum atomic E-state index is 0.664. The van der Waals surface area contributed by atoms with Crippen LogP contribution < -0.4 is 5.32 Å². The van der Waals surface area contributed by atoms with Gasteiger partial charge in [0.25, 0.3) is 0 Å². The van der Waals surface area contributed by atoms with E-state index >= 15 is 0 Å². The molecule has 2 aliphatic rings. The largest absolute Gasteiger partial charge is 0.315 e. The van der Waals surface area contributed by atoms with E-state index in [1.165, 1.54) is 45.2 Å². The SMILES string of the molecule is CCC(NC)C(C)N(CC1CC1)CC1CC1. The molecule has 2 fully saturated rings. The van der Waals surface area contributed by atoms with Crippen molar-refractivity contribution in [2.24, 2.45) is 11.8 Å². The molecule has 0 aliphatic heterocycles. The van der Waals surface area contributed by atoms with Gasteiger partial charge in [0.05, 0.1) is 0 Å². The standard InChI is InChI=1S/C14H28N2/c1-4-14(15-3)11(2)16(9-12-5-6-12)10-13-7-8-13/h11-15H,4-10H2,1-3H3. The van der Waals surface area contributed by atoms with Crippen molar-refractivity contribution in [3.8, 4) is 0 Å². The van der Waals surface area contributed by atoms with Crippen molar-refractivity contribution in [2.75, 3.05) is 20.1 Å². The zero-order valence-electron chi connectivity index (χ0n) is 11.2. The lowest BCUT2D eigenvalue weighted by Gasteiger charge is -2.34. The third-order valence-corrected chi connectivity index (χ3v) is 4.35. The van der Waals surface area contributed by atoms with Crippen LogP contribution in [0.4, 0.5) is 0 Å². The molecule has 0 saturated heterocycles. The van der Waals surface area contributed by atoms with Gasteiger partial charge < -0.3 is 5.32 Å². The maximum atomic E-state index is 3.48. The first kappa shape index (κ1) is 12.4. The molecule has 0 spiro atoms. The first-order valence-electron chi connectivity index (χ1n) is 7.15. The van der Waals surface area contributed by atoms with E-state index in [1.54, 1.807) is 0 Å². The molecule has 2 nitrogen and oxygen atoms in total. The Morgan fingerprint density at radius 2 is 1.62 bits per heavy atom. The van der Waals surface area contributed by atoms with Crippen LogP contribution in [0.3, 0.4) is 0 Å². The predicted octanol–water partition coefficient (Wildman–Crippen LogP) is 2.49. The Balaban J connectivity index is 1.85.